The number of methoxy groups -OCH3 is 2. The van der Waals surface area contributed by atoms with Crippen molar-refractivity contribution < 1.29 is 14.3 Å². The third-order valence-corrected chi connectivity index (χ3v) is 3.96. The third-order valence-electron chi connectivity index (χ3n) is 3.96. The number of aromatic nitrogens is 1. The van der Waals surface area contributed by atoms with Gasteiger partial charge in [0.05, 0.1) is 31.8 Å². The fourth-order valence-corrected chi connectivity index (χ4v) is 2.58. The summed E-state index contributed by atoms with van der Waals surface area (Å²) in [4.78, 5) is 16.6. The van der Waals surface area contributed by atoms with Crippen molar-refractivity contribution in [3.05, 3.63) is 72.1 Å². The van der Waals surface area contributed by atoms with E-state index in [1.807, 2.05) is 43.3 Å². The second kappa shape index (κ2) is 8.23. The Labute approximate surface area is 158 Å². The van der Waals surface area contributed by atoms with Gasteiger partial charge in [-0.2, -0.15) is 0 Å². The van der Waals surface area contributed by atoms with Crippen LogP contribution in [0, 0.1) is 6.92 Å². The van der Waals surface area contributed by atoms with Crippen LogP contribution in [-0.2, 0) is 0 Å². The molecule has 0 saturated heterocycles. The molecule has 1 heterocycles. The summed E-state index contributed by atoms with van der Waals surface area (Å²) in [5.41, 5.74) is 3.67. The zero-order valence-corrected chi connectivity index (χ0v) is 15.4. The van der Waals surface area contributed by atoms with Crippen LogP contribution >= 0.6 is 0 Å². The van der Waals surface area contributed by atoms with Crippen LogP contribution in [0.25, 0.3) is 0 Å². The summed E-state index contributed by atoms with van der Waals surface area (Å²) in [6.45, 7) is 1.97. The van der Waals surface area contributed by atoms with Crippen molar-refractivity contribution >= 4 is 23.0 Å². The number of amides is 1. The number of carbonyl (C=O) groups excluding carboxylic acids is 1. The van der Waals surface area contributed by atoms with Gasteiger partial charge >= 0.3 is 0 Å². The number of pyridine rings is 1. The van der Waals surface area contributed by atoms with Crippen molar-refractivity contribution in [1.29, 1.82) is 0 Å². The monoisotopic (exact) mass is 363 g/mol. The van der Waals surface area contributed by atoms with Gasteiger partial charge in [0.2, 0.25) is 0 Å². The van der Waals surface area contributed by atoms with E-state index in [-0.39, 0.29) is 5.91 Å². The minimum atomic E-state index is -0.255. The average molecular weight is 363 g/mol. The highest BCUT2D eigenvalue weighted by atomic mass is 16.5. The molecule has 1 amide bonds. The van der Waals surface area contributed by atoms with Gasteiger partial charge < -0.3 is 20.1 Å². The molecule has 1 aromatic heterocycles. The van der Waals surface area contributed by atoms with Crippen LogP contribution in [0.2, 0.25) is 0 Å². The topological polar surface area (TPSA) is 72.5 Å². The number of carbonyl (C=O) groups is 1. The van der Waals surface area contributed by atoms with Crippen molar-refractivity contribution in [3.8, 4) is 11.5 Å². The van der Waals surface area contributed by atoms with Crippen molar-refractivity contribution in [2.24, 2.45) is 0 Å². The third kappa shape index (κ3) is 4.55. The van der Waals surface area contributed by atoms with Gasteiger partial charge in [-0.15, -0.1) is 0 Å². The van der Waals surface area contributed by atoms with E-state index in [0.29, 0.717) is 17.2 Å². The van der Waals surface area contributed by atoms with Crippen LogP contribution in [0.5, 0.6) is 11.5 Å². The molecule has 2 N–H and O–H groups in total. The van der Waals surface area contributed by atoms with Crippen LogP contribution in [0.15, 0.2) is 60.8 Å². The van der Waals surface area contributed by atoms with E-state index < -0.39 is 0 Å². The first kappa shape index (κ1) is 18.3. The summed E-state index contributed by atoms with van der Waals surface area (Å²) in [7, 11) is 3.20. The summed E-state index contributed by atoms with van der Waals surface area (Å²) in [5, 5.41) is 6.07. The Morgan fingerprint density at radius 1 is 0.963 bits per heavy atom. The maximum Gasteiger partial charge on any atom is 0.274 e. The van der Waals surface area contributed by atoms with Crippen LogP contribution < -0.4 is 20.1 Å². The Bertz CT molecular complexity index is 940. The molecular weight excluding hydrogens is 342 g/mol. The summed E-state index contributed by atoms with van der Waals surface area (Å²) in [5.74, 6) is 1.10. The summed E-state index contributed by atoms with van der Waals surface area (Å²) in [6, 6.07) is 16.6. The molecule has 0 bridgehead atoms. The Balaban J connectivity index is 1.71. The molecule has 3 aromatic rings. The highest BCUT2D eigenvalue weighted by Gasteiger charge is 2.09. The number of nitrogens with one attached hydrogen (secondary N) is 2. The largest absolute Gasteiger partial charge is 0.497 e. The van der Waals surface area contributed by atoms with E-state index in [9.17, 15) is 4.79 Å². The molecule has 0 atom stereocenters. The molecule has 6 nitrogen and oxygen atoms in total. The molecule has 0 aliphatic carbocycles. The molecule has 0 saturated carbocycles. The number of hydrogen-bond donors (Lipinski definition) is 2. The van der Waals surface area contributed by atoms with Gasteiger partial charge in [-0.1, -0.05) is 12.1 Å². The second-order valence-electron chi connectivity index (χ2n) is 5.95. The van der Waals surface area contributed by atoms with Gasteiger partial charge in [0.1, 0.15) is 17.2 Å². The first-order chi connectivity index (χ1) is 13.1. The summed E-state index contributed by atoms with van der Waals surface area (Å²) in [6.07, 6.45) is 1.61. The van der Waals surface area contributed by atoms with Crippen molar-refractivity contribution in [3.63, 3.8) is 0 Å². The first-order valence-electron chi connectivity index (χ1n) is 8.42. The number of hydrogen-bond acceptors (Lipinski definition) is 5. The van der Waals surface area contributed by atoms with E-state index >= 15 is 0 Å². The van der Waals surface area contributed by atoms with E-state index in [2.05, 4.69) is 15.6 Å². The Morgan fingerprint density at radius 3 is 2.48 bits per heavy atom. The maximum atomic E-state index is 12.3. The summed E-state index contributed by atoms with van der Waals surface area (Å²) < 4.78 is 10.6. The zero-order chi connectivity index (χ0) is 19.2. The van der Waals surface area contributed by atoms with Crippen LogP contribution in [0.3, 0.4) is 0 Å². The number of nitrogens with zero attached hydrogens (tertiary/aromatic N) is 1. The predicted octanol–water partition coefficient (Wildman–Crippen LogP) is 4.40. The fourth-order valence-electron chi connectivity index (χ4n) is 2.58. The van der Waals surface area contributed by atoms with Gasteiger partial charge in [0.15, 0.2) is 0 Å². The molecule has 0 aliphatic rings. The number of ether oxygens (including phenoxy) is 2. The van der Waals surface area contributed by atoms with Crippen molar-refractivity contribution in [2.75, 3.05) is 24.9 Å². The van der Waals surface area contributed by atoms with E-state index in [1.165, 1.54) is 0 Å². The van der Waals surface area contributed by atoms with Gasteiger partial charge in [-0.25, -0.2) is 4.98 Å². The smallest absolute Gasteiger partial charge is 0.274 e. The van der Waals surface area contributed by atoms with Crippen LogP contribution in [-0.4, -0.2) is 25.1 Å². The van der Waals surface area contributed by atoms with Crippen molar-refractivity contribution in [2.45, 2.75) is 6.92 Å². The van der Waals surface area contributed by atoms with Crippen LogP contribution in [0.4, 0.5) is 17.1 Å². The number of rotatable bonds is 6. The Morgan fingerprint density at radius 2 is 1.81 bits per heavy atom. The number of benzene rings is 2. The van der Waals surface area contributed by atoms with E-state index in [4.69, 9.17) is 9.47 Å². The van der Waals surface area contributed by atoms with Gasteiger partial charge in [0, 0.05) is 11.8 Å². The van der Waals surface area contributed by atoms with E-state index in [1.54, 1.807) is 38.6 Å². The highest BCUT2D eigenvalue weighted by molar-refractivity contribution is 6.03. The van der Waals surface area contributed by atoms with Gasteiger partial charge in [-0.3, -0.25) is 4.79 Å². The van der Waals surface area contributed by atoms with Crippen LogP contribution in [0.1, 0.15) is 16.1 Å². The lowest BCUT2D eigenvalue weighted by Crippen LogP contribution is -2.13. The minimum Gasteiger partial charge on any atom is -0.497 e. The summed E-state index contributed by atoms with van der Waals surface area (Å²) >= 11 is 0. The Hall–Kier alpha value is -3.54. The van der Waals surface area contributed by atoms with Gasteiger partial charge in [-0.05, 0) is 48.9 Å². The molecule has 0 fully saturated rings. The SMILES string of the molecule is COc1ccc(Nc2ccc(C(=O)Nc3cccc(C)c3)nc2)c(OC)c1. The average Bonchev–Trinajstić information content (AvgIpc) is 2.69. The molecule has 2 aromatic carbocycles. The van der Waals surface area contributed by atoms with Gasteiger partial charge in [0.25, 0.3) is 5.91 Å². The molecule has 0 unspecified atom stereocenters. The fraction of sp³-hybridized carbons (Fsp3) is 0.143. The molecule has 0 aliphatic heterocycles. The molecule has 3 rings (SSSR count). The molecule has 27 heavy (non-hydrogen) atoms. The number of aryl methyl sites for hydroxylation is 1. The second-order valence-corrected chi connectivity index (χ2v) is 5.95. The minimum absolute atomic E-state index is 0.255. The Kier molecular flexibility index (Phi) is 5.56. The molecule has 0 radical (unpaired) electrons. The quantitative estimate of drug-likeness (QED) is 0.679. The lowest BCUT2D eigenvalue weighted by molar-refractivity contribution is 0.102. The normalized spacial score (nSPS) is 10.2. The lowest BCUT2D eigenvalue weighted by atomic mass is 10.2. The molecular formula is C21H21N3O3. The molecule has 0 spiro atoms. The maximum absolute atomic E-state index is 12.3. The van der Waals surface area contributed by atoms with Crippen molar-refractivity contribution in [1.82, 2.24) is 4.98 Å². The highest BCUT2D eigenvalue weighted by Crippen LogP contribution is 2.31. The molecule has 138 valence electrons. The standard InChI is InChI=1S/C21H21N3O3/c1-14-5-4-6-15(11-14)24-21(25)19-9-7-16(13-22-19)23-18-10-8-17(26-2)12-20(18)27-3/h4-13,23H,1-3H3,(H,24,25). The van der Waals surface area contributed by atoms with E-state index in [0.717, 1.165) is 22.6 Å². The predicted molar refractivity (Wildman–Crippen MR) is 106 cm³/mol. The lowest BCUT2D eigenvalue weighted by Gasteiger charge is -2.12. The zero-order valence-electron chi connectivity index (χ0n) is 15.4. The molecule has 6 heteroatoms. The number of anilines is 3. The first-order valence-corrected chi connectivity index (χ1v) is 8.42.